The molecular formula is C18H20N2O2. The quantitative estimate of drug-likeness (QED) is 0.891. The molecule has 2 N–H and O–H groups in total. The van der Waals surface area contributed by atoms with Crippen molar-refractivity contribution in [3.05, 3.63) is 71.8 Å². The van der Waals surface area contributed by atoms with Gasteiger partial charge in [-0.3, -0.25) is 10.1 Å². The Bertz CT molecular complexity index is 611. The molecule has 0 radical (unpaired) electrons. The van der Waals surface area contributed by atoms with E-state index >= 15 is 0 Å². The maximum absolute atomic E-state index is 11.8. The van der Waals surface area contributed by atoms with Crippen LogP contribution in [0.5, 0.6) is 0 Å². The van der Waals surface area contributed by atoms with Crippen molar-refractivity contribution in [2.24, 2.45) is 0 Å². The smallest absolute Gasteiger partial charge is 0.321 e. The van der Waals surface area contributed by atoms with E-state index in [9.17, 15) is 9.59 Å². The van der Waals surface area contributed by atoms with Crippen LogP contribution in [0.4, 0.5) is 4.79 Å². The minimum atomic E-state index is -0.454. The number of amides is 3. The van der Waals surface area contributed by atoms with Crippen LogP contribution in [0.2, 0.25) is 0 Å². The summed E-state index contributed by atoms with van der Waals surface area (Å²) in [6.07, 6.45) is 0.919. The molecule has 0 aliphatic rings. The van der Waals surface area contributed by atoms with Crippen LogP contribution in [0, 0.1) is 0 Å². The van der Waals surface area contributed by atoms with Crippen molar-refractivity contribution < 1.29 is 9.59 Å². The molecule has 0 spiro atoms. The van der Waals surface area contributed by atoms with Gasteiger partial charge < -0.3 is 5.32 Å². The number of carbonyl (C=O) groups excluding carboxylic acids is 2. The highest BCUT2D eigenvalue weighted by Gasteiger charge is 2.11. The van der Waals surface area contributed by atoms with Gasteiger partial charge in [-0.25, -0.2) is 4.79 Å². The van der Waals surface area contributed by atoms with Gasteiger partial charge in [0, 0.05) is 6.04 Å². The number of nitrogens with one attached hydrogen (secondary N) is 2. The van der Waals surface area contributed by atoms with Crippen LogP contribution in [-0.2, 0) is 17.6 Å². The number of rotatable bonds is 5. The van der Waals surface area contributed by atoms with Crippen molar-refractivity contribution in [2.75, 3.05) is 0 Å². The first-order valence-corrected chi connectivity index (χ1v) is 7.31. The fraction of sp³-hybridized carbons (Fsp3) is 0.222. The summed E-state index contributed by atoms with van der Waals surface area (Å²) < 4.78 is 0. The molecule has 0 aliphatic carbocycles. The van der Waals surface area contributed by atoms with Gasteiger partial charge in [0.25, 0.3) is 0 Å². The zero-order valence-electron chi connectivity index (χ0n) is 12.6. The predicted molar refractivity (Wildman–Crippen MR) is 86.4 cm³/mol. The predicted octanol–water partition coefficient (Wildman–Crippen LogP) is 2.69. The molecule has 0 heterocycles. The van der Waals surface area contributed by atoms with Crippen LogP contribution in [0.1, 0.15) is 18.1 Å². The van der Waals surface area contributed by atoms with Gasteiger partial charge >= 0.3 is 6.03 Å². The van der Waals surface area contributed by atoms with Crippen molar-refractivity contribution in [3.8, 4) is 0 Å². The van der Waals surface area contributed by atoms with Crippen molar-refractivity contribution in [1.29, 1.82) is 0 Å². The molecule has 2 aromatic rings. The molecule has 0 saturated heterocycles. The Morgan fingerprint density at radius 1 is 0.909 bits per heavy atom. The molecule has 0 aromatic heterocycles. The molecule has 1 unspecified atom stereocenters. The summed E-state index contributed by atoms with van der Waals surface area (Å²) in [6.45, 7) is 1.91. The first-order valence-electron chi connectivity index (χ1n) is 7.31. The van der Waals surface area contributed by atoms with Crippen LogP contribution in [0.3, 0.4) is 0 Å². The monoisotopic (exact) mass is 296 g/mol. The minimum Gasteiger partial charge on any atom is -0.335 e. The van der Waals surface area contributed by atoms with Crippen molar-refractivity contribution >= 4 is 11.9 Å². The highest BCUT2D eigenvalue weighted by atomic mass is 16.2. The van der Waals surface area contributed by atoms with Gasteiger partial charge in [-0.1, -0.05) is 60.7 Å². The Morgan fingerprint density at radius 3 is 2.05 bits per heavy atom. The lowest BCUT2D eigenvalue weighted by Gasteiger charge is -2.14. The summed E-state index contributed by atoms with van der Waals surface area (Å²) >= 11 is 0. The lowest BCUT2D eigenvalue weighted by atomic mass is 10.1. The van der Waals surface area contributed by atoms with E-state index in [2.05, 4.69) is 10.6 Å². The van der Waals surface area contributed by atoms with Crippen LogP contribution in [0.15, 0.2) is 60.7 Å². The highest BCUT2D eigenvalue weighted by Crippen LogP contribution is 2.03. The molecule has 2 rings (SSSR count). The summed E-state index contributed by atoms with van der Waals surface area (Å²) in [5.74, 6) is -0.310. The Morgan fingerprint density at radius 2 is 1.45 bits per heavy atom. The summed E-state index contributed by atoms with van der Waals surface area (Å²) in [7, 11) is 0. The second-order valence-corrected chi connectivity index (χ2v) is 5.27. The van der Waals surface area contributed by atoms with E-state index in [1.807, 2.05) is 67.6 Å². The molecule has 0 aliphatic heterocycles. The normalized spacial score (nSPS) is 11.5. The Balaban J connectivity index is 1.76. The average molecular weight is 296 g/mol. The number of benzene rings is 2. The van der Waals surface area contributed by atoms with Crippen LogP contribution >= 0.6 is 0 Å². The Labute approximate surface area is 130 Å². The fourth-order valence-electron chi connectivity index (χ4n) is 2.23. The molecule has 22 heavy (non-hydrogen) atoms. The van der Waals surface area contributed by atoms with Gasteiger partial charge in [-0.15, -0.1) is 0 Å². The third kappa shape index (κ3) is 5.40. The molecule has 0 saturated carbocycles. The topological polar surface area (TPSA) is 58.2 Å². The lowest BCUT2D eigenvalue weighted by Crippen LogP contribution is -2.44. The first-order chi connectivity index (χ1) is 10.6. The number of hydrogen-bond acceptors (Lipinski definition) is 2. The zero-order valence-corrected chi connectivity index (χ0v) is 12.6. The molecule has 0 fully saturated rings. The van der Waals surface area contributed by atoms with Gasteiger partial charge in [-0.05, 0) is 24.5 Å². The van der Waals surface area contributed by atoms with E-state index < -0.39 is 6.03 Å². The summed E-state index contributed by atoms with van der Waals surface area (Å²) in [5.41, 5.74) is 2.02. The van der Waals surface area contributed by atoms with Crippen LogP contribution < -0.4 is 10.6 Å². The van der Waals surface area contributed by atoms with Crippen molar-refractivity contribution in [2.45, 2.75) is 25.8 Å². The van der Waals surface area contributed by atoms with Crippen molar-refractivity contribution in [3.63, 3.8) is 0 Å². The maximum Gasteiger partial charge on any atom is 0.321 e. The van der Waals surface area contributed by atoms with E-state index in [-0.39, 0.29) is 18.4 Å². The summed E-state index contributed by atoms with van der Waals surface area (Å²) in [5, 5.41) is 5.13. The van der Waals surface area contributed by atoms with Gasteiger partial charge in [0.05, 0.1) is 6.42 Å². The second kappa shape index (κ2) is 7.98. The highest BCUT2D eigenvalue weighted by molar-refractivity contribution is 5.95. The van der Waals surface area contributed by atoms with E-state index in [0.29, 0.717) is 0 Å². The van der Waals surface area contributed by atoms with E-state index in [4.69, 9.17) is 0 Å². The first kappa shape index (κ1) is 15.8. The average Bonchev–Trinajstić information content (AvgIpc) is 2.48. The van der Waals surface area contributed by atoms with E-state index in [0.717, 1.165) is 17.5 Å². The molecular weight excluding hydrogens is 276 g/mol. The number of urea groups is 1. The van der Waals surface area contributed by atoms with Gasteiger partial charge in [0.2, 0.25) is 5.91 Å². The van der Waals surface area contributed by atoms with E-state index in [1.54, 1.807) is 0 Å². The largest absolute Gasteiger partial charge is 0.335 e. The fourth-order valence-corrected chi connectivity index (χ4v) is 2.23. The molecule has 0 bridgehead atoms. The minimum absolute atomic E-state index is 0.0491. The Hall–Kier alpha value is -2.62. The van der Waals surface area contributed by atoms with Gasteiger partial charge in [-0.2, -0.15) is 0 Å². The molecule has 3 amide bonds. The number of imide groups is 1. The molecule has 4 nitrogen and oxygen atoms in total. The molecule has 2 aromatic carbocycles. The maximum atomic E-state index is 11.8. The summed E-state index contributed by atoms with van der Waals surface area (Å²) in [4.78, 5) is 23.6. The Kier molecular flexibility index (Phi) is 5.72. The second-order valence-electron chi connectivity index (χ2n) is 5.27. The third-order valence-electron chi connectivity index (χ3n) is 3.22. The van der Waals surface area contributed by atoms with E-state index in [1.165, 1.54) is 0 Å². The van der Waals surface area contributed by atoms with Gasteiger partial charge in [0.15, 0.2) is 0 Å². The standard InChI is InChI=1S/C18H20N2O2/c1-14(12-15-8-4-2-5-9-15)19-18(22)20-17(21)13-16-10-6-3-7-11-16/h2-11,14H,12-13H2,1H3,(H2,19,20,21,22). The molecule has 114 valence electrons. The van der Waals surface area contributed by atoms with Crippen LogP contribution in [-0.4, -0.2) is 18.0 Å². The summed E-state index contributed by atoms with van der Waals surface area (Å²) in [6, 6.07) is 18.7. The zero-order chi connectivity index (χ0) is 15.8. The van der Waals surface area contributed by atoms with Gasteiger partial charge in [0.1, 0.15) is 0 Å². The number of hydrogen-bond donors (Lipinski definition) is 2. The molecule has 1 atom stereocenters. The van der Waals surface area contributed by atoms with Crippen LogP contribution in [0.25, 0.3) is 0 Å². The third-order valence-corrected chi connectivity index (χ3v) is 3.22. The van der Waals surface area contributed by atoms with Crippen molar-refractivity contribution in [1.82, 2.24) is 10.6 Å². The molecule has 4 heteroatoms. The SMILES string of the molecule is CC(Cc1ccccc1)NC(=O)NC(=O)Cc1ccccc1. The lowest BCUT2D eigenvalue weighted by molar-refractivity contribution is -0.119. The number of carbonyl (C=O) groups is 2.